The average Bonchev–Trinajstić information content (AvgIpc) is 1.31. The molecule has 0 radical (unpaired) electrons. The molecule has 1 unspecified atom stereocenters. The highest BCUT2D eigenvalue weighted by Crippen LogP contribution is 2.17. The number of halogens is 2. The zero-order valence-electron chi connectivity index (χ0n) is 3.52. The zero-order valence-corrected chi connectivity index (χ0v) is 5.11. The van der Waals surface area contributed by atoms with Crippen molar-refractivity contribution >= 4 is 15.9 Å². The van der Waals surface area contributed by atoms with Crippen LogP contribution >= 0.6 is 15.9 Å². The van der Waals surface area contributed by atoms with Gasteiger partial charge < -0.3 is 0 Å². The van der Waals surface area contributed by atoms with Gasteiger partial charge in [0.2, 0.25) is 0 Å². The Bertz CT molecular complexity index is 88.2. The summed E-state index contributed by atoms with van der Waals surface area (Å²) in [6, 6.07) is 0. The van der Waals surface area contributed by atoms with Gasteiger partial charge in [0.05, 0.1) is 4.92 Å². The molecule has 0 heterocycles. The fourth-order valence-corrected chi connectivity index (χ4v) is 0. The molecule has 0 bridgehead atoms. The van der Waals surface area contributed by atoms with E-state index in [0.29, 0.717) is 0 Å². The van der Waals surface area contributed by atoms with Crippen molar-refractivity contribution in [2.45, 2.75) is 11.6 Å². The lowest BCUT2D eigenvalue weighted by atomic mass is 10.7. The highest BCUT2D eigenvalue weighted by Gasteiger charge is 2.31. The van der Waals surface area contributed by atoms with E-state index in [9.17, 15) is 14.5 Å². The Hall–Kier alpha value is -0.190. The first-order valence-corrected chi connectivity index (χ1v) is 2.26. The van der Waals surface area contributed by atoms with Gasteiger partial charge in [-0.25, -0.2) is 0 Å². The molecule has 0 rings (SSSR count). The molecule has 0 saturated heterocycles. The molecule has 42 valence electrons. The Morgan fingerprint density at radius 2 is 2.14 bits per heavy atom. The van der Waals surface area contributed by atoms with Gasteiger partial charge in [0, 0.05) is 22.9 Å². The van der Waals surface area contributed by atoms with Crippen LogP contribution in [0.5, 0.6) is 0 Å². The predicted molar refractivity (Wildman–Crippen MR) is 25.4 cm³/mol. The van der Waals surface area contributed by atoms with Crippen LogP contribution in [0.1, 0.15) is 6.92 Å². The van der Waals surface area contributed by atoms with Crippen molar-refractivity contribution in [3.63, 3.8) is 0 Å². The zero-order chi connectivity index (χ0) is 6.08. The molecule has 0 aliphatic heterocycles. The minimum atomic E-state index is -2.47. The molecule has 0 N–H and O–H groups in total. The van der Waals surface area contributed by atoms with E-state index in [1.807, 2.05) is 0 Å². The van der Waals surface area contributed by atoms with E-state index in [2.05, 4.69) is 15.9 Å². The number of nitro groups is 1. The third-order valence-electron chi connectivity index (χ3n) is 0.321. The molecule has 7 heavy (non-hydrogen) atoms. The van der Waals surface area contributed by atoms with Crippen molar-refractivity contribution in [3.05, 3.63) is 10.1 Å². The molecule has 0 amide bonds. The van der Waals surface area contributed by atoms with Crippen LogP contribution in [-0.2, 0) is 0 Å². The van der Waals surface area contributed by atoms with Crippen molar-refractivity contribution in [1.82, 2.24) is 0 Å². The van der Waals surface area contributed by atoms with Gasteiger partial charge in [-0.1, -0.05) is 0 Å². The standard InChI is InChI=1S/C2H3BrFNO2/c1-2(3,4)5(6)7/h1H3. The van der Waals surface area contributed by atoms with Gasteiger partial charge in [-0.15, -0.1) is 0 Å². The number of hydrogen-bond acceptors (Lipinski definition) is 2. The smallest absolute Gasteiger partial charge is 0.261 e. The van der Waals surface area contributed by atoms with Crippen molar-refractivity contribution in [3.8, 4) is 0 Å². The molecule has 0 saturated carbocycles. The molecule has 0 aromatic carbocycles. The monoisotopic (exact) mass is 171 g/mol. The van der Waals surface area contributed by atoms with Crippen LogP contribution < -0.4 is 0 Å². The average molecular weight is 172 g/mol. The Morgan fingerprint density at radius 3 is 2.14 bits per heavy atom. The second-order valence-electron chi connectivity index (χ2n) is 1.10. The maximum Gasteiger partial charge on any atom is 0.410 e. The third kappa shape index (κ3) is 2.50. The second kappa shape index (κ2) is 1.73. The van der Waals surface area contributed by atoms with E-state index in [-0.39, 0.29) is 0 Å². The lowest BCUT2D eigenvalue weighted by molar-refractivity contribution is -0.562. The molecule has 0 aliphatic carbocycles. The summed E-state index contributed by atoms with van der Waals surface area (Å²) >= 11 is 2.18. The van der Waals surface area contributed by atoms with E-state index in [1.165, 1.54) is 0 Å². The van der Waals surface area contributed by atoms with E-state index in [1.54, 1.807) is 0 Å². The summed E-state index contributed by atoms with van der Waals surface area (Å²) in [5.41, 5.74) is 0. The van der Waals surface area contributed by atoms with E-state index in [4.69, 9.17) is 0 Å². The fourth-order valence-electron chi connectivity index (χ4n) is 0. The maximum absolute atomic E-state index is 11.7. The van der Waals surface area contributed by atoms with Gasteiger partial charge in [-0.3, -0.25) is 10.1 Å². The van der Waals surface area contributed by atoms with E-state index < -0.39 is 9.63 Å². The summed E-state index contributed by atoms with van der Waals surface area (Å²) in [7, 11) is 0. The summed E-state index contributed by atoms with van der Waals surface area (Å²) in [6.45, 7) is 0.812. The van der Waals surface area contributed by atoms with Gasteiger partial charge in [-0.2, -0.15) is 4.39 Å². The van der Waals surface area contributed by atoms with Crippen LogP contribution in [0.4, 0.5) is 4.39 Å². The molecule has 3 nitrogen and oxygen atoms in total. The SMILES string of the molecule is CC(F)(Br)[N+](=O)[O-]. The van der Waals surface area contributed by atoms with Crippen LogP contribution in [0.25, 0.3) is 0 Å². The highest BCUT2D eigenvalue weighted by molar-refractivity contribution is 9.09. The molecule has 0 aromatic heterocycles. The maximum atomic E-state index is 11.7. The van der Waals surface area contributed by atoms with Crippen LogP contribution in [0.15, 0.2) is 0 Å². The molecule has 0 spiro atoms. The molecule has 1 atom stereocenters. The van der Waals surface area contributed by atoms with Crippen molar-refractivity contribution < 1.29 is 9.31 Å². The Balaban J connectivity index is 3.79. The number of alkyl halides is 2. The first kappa shape index (κ1) is 6.81. The Morgan fingerprint density at radius 1 is 2.00 bits per heavy atom. The Labute approximate surface area is 47.8 Å². The third-order valence-corrected chi connectivity index (χ3v) is 0.610. The number of rotatable bonds is 1. The van der Waals surface area contributed by atoms with Crippen LogP contribution in [0.3, 0.4) is 0 Å². The predicted octanol–water partition coefficient (Wildman–Crippen LogP) is 1.30. The minimum absolute atomic E-state index is 0.812. The molecule has 0 aromatic rings. The van der Waals surface area contributed by atoms with Crippen LogP contribution in [0.2, 0.25) is 0 Å². The topological polar surface area (TPSA) is 43.1 Å². The van der Waals surface area contributed by atoms with Crippen molar-refractivity contribution in [2.75, 3.05) is 0 Å². The Kier molecular flexibility index (Phi) is 1.68. The lowest BCUT2D eigenvalue weighted by Gasteiger charge is -1.98. The molecule has 5 heteroatoms. The fraction of sp³-hybridized carbons (Fsp3) is 1.00. The van der Waals surface area contributed by atoms with E-state index in [0.717, 1.165) is 6.92 Å². The second-order valence-corrected chi connectivity index (χ2v) is 2.55. The largest absolute Gasteiger partial charge is 0.410 e. The first-order chi connectivity index (χ1) is 2.94. The summed E-state index contributed by atoms with van der Waals surface area (Å²) in [4.78, 5) is 8.34. The minimum Gasteiger partial charge on any atom is -0.261 e. The van der Waals surface area contributed by atoms with Crippen molar-refractivity contribution in [1.29, 1.82) is 0 Å². The number of hydrogen-bond donors (Lipinski definition) is 0. The van der Waals surface area contributed by atoms with Crippen molar-refractivity contribution in [2.24, 2.45) is 0 Å². The molecule has 0 fully saturated rings. The summed E-state index contributed by atoms with van der Waals surface area (Å²) in [6.07, 6.45) is 0. The molecule has 0 aliphatic rings. The molecular formula is C2H3BrFNO2. The van der Waals surface area contributed by atoms with Gasteiger partial charge in [0.1, 0.15) is 0 Å². The van der Waals surface area contributed by atoms with E-state index >= 15 is 0 Å². The number of nitrogens with zero attached hydrogens (tertiary/aromatic N) is 1. The van der Waals surface area contributed by atoms with Crippen LogP contribution in [0, 0.1) is 10.1 Å². The molecular weight excluding hydrogens is 169 g/mol. The van der Waals surface area contributed by atoms with Gasteiger partial charge in [0.15, 0.2) is 0 Å². The summed E-state index contributed by atoms with van der Waals surface area (Å²) < 4.78 is 9.26. The van der Waals surface area contributed by atoms with Crippen LogP contribution in [-0.4, -0.2) is 9.63 Å². The van der Waals surface area contributed by atoms with Gasteiger partial charge in [0.25, 0.3) is 0 Å². The summed E-state index contributed by atoms with van der Waals surface area (Å²) in [5, 5.41) is 9.40. The normalized spacial score (nSPS) is 18.1. The quantitative estimate of drug-likeness (QED) is 0.259. The highest BCUT2D eigenvalue weighted by atomic mass is 79.9. The lowest BCUT2D eigenvalue weighted by Crippen LogP contribution is -2.19. The first-order valence-electron chi connectivity index (χ1n) is 1.47. The van der Waals surface area contributed by atoms with Gasteiger partial charge in [-0.05, 0) is 0 Å². The van der Waals surface area contributed by atoms with Gasteiger partial charge >= 0.3 is 4.70 Å². The summed E-state index contributed by atoms with van der Waals surface area (Å²) in [5.74, 6) is 0.